The molecule has 1 N–H and O–H groups in total. The minimum atomic E-state index is -2.98. The summed E-state index contributed by atoms with van der Waals surface area (Å²) in [5.41, 5.74) is 1.02. The van der Waals surface area contributed by atoms with E-state index >= 15 is 0 Å². The largest absolute Gasteiger partial charge is 0.417 e. The third kappa shape index (κ3) is 9.03. The third-order valence-corrected chi connectivity index (χ3v) is 18.6. The first-order valence-corrected chi connectivity index (χ1v) is 20.8. The first-order chi connectivity index (χ1) is 20.7. The van der Waals surface area contributed by atoms with Crippen LogP contribution in [0.5, 0.6) is 0 Å². The van der Waals surface area contributed by atoms with E-state index in [4.69, 9.17) is 20.0 Å². The van der Waals surface area contributed by atoms with E-state index in [1.807, 2.05) is 42.5 Å². The molecular weight excluding hydrogens is 577 g/mol. The molecule has 4 nitrogen and oxygen atoms in total. The van der Waals surface area contributed by atoms with Gasteiger partial charge in [0, 0.05) is 6.61 Å². The van der Waals surface area contributed by atoms with E-state index in [-0.39, 0.29) is 10.1 Å². The van der Waals surface area contributed by atoms with Crippen molar-refractivity contribution < 1.29 is 18.7 Å². The molecule has 0 fully saturated rings. The molecule has 0 saturated carbocycles. The Labute approximate surface area is 269 Å². The molecule has 0 radical (unpaired) electrons. The highest BCUT2D eigenvalue weighted by atomic mass is 28.4. The zero-order valence-electron chi connectivity index (χ0n) is 28.2. The molecule has 44 heavy (non-hydrogen) atoms. The summed E-state index contributed by atoms with van der Waals surface area (Å²) in [5.74, 6) is 2.93. The van der Waals surface area contributed by atoms with E-state index in [1.54, 1.807) is 0 Å². The van der Waals surface area contributed by atoms with Crippen molar-refractivity contribution in [1.29, 1.82) is 0 Å². The predicted molar refractivity (Wildman–Crippen MR) is 189 cm³/mol. The zero-order valence-corrected chi connectivity index (χ0v) is 30.2. The highest BCUT2D eigenvalue weighted by Gasteiger charge is 2.52. The maximum atomic E-state index is 11.7. The fourth-order valence-corrected chi connectivity index (χ4v) is 11.1. The molecule has 0 bridgehead atoms. The minimum absolute atomic E-state index is 0.168. The van der Waals surface area contributed by atoms with E-state index in [1.165, 1.54) is 0 Å². The van der Waals surface area contributed by atoms with Gasteiger partial charge >= 0.3 is 0 Å². The van der Waals surface area contributed by atoms with E-state index in [0.717, 1.165) is 28.8 Å². The second-order valence-electron chi connectivity index (χ2n) is 14.3. The first kappa shape index (κ1) is 36.0. The van der Waals surface area contributed by atoms with Crippen LogP contribution in [0, 0.1) is 12.3 Å². The summed E-state index contributed by atoms with van der Waals surface area (Å²) < 4.78 is 20.2. The maximum Gasteiger partial charge on any atom is 0.262 e. The second-order valence-corrected chi connectivity index (χ2v) is 23.4. The van der Waals surface area contributed by atoms with Crippen LogP contribution in [0.3, 0.4) is 0 Å². The monoisotopic (exact) mass is 630 g/mol. The lowest BCUT2D eigenvalue weighted by molar-refractivity contribution is -0.0883. The average molecular weight is 631 g/mol. The zero-order chi connectivity index (χ0) is 32.4. The number of rotatable bonds is 15. The molecule has 3 rings (SSSR count). The Hall–Kier alpha value is -2.51. The van der Waals surface area contributed by atoms with Gasteiger partial charge in [0.25, 0.3) is 8.32 Å². The van der Waals surface area contributed by atoms with Crippen molar-refractivity contribution >= 4 is 27.0 Å². The number of ether oxygens (including phenoxy) is 1. The summed E-state index contributed by atoms with van der Waals surface area (Å²) in [4.78, 5) is 0. The average Bonchev–Trinajstić information content (AvgIpc) is 2.98. The smallest absolute Gasteiger partial charge is 0.262 e. The lowest BCUT2D eigenvalue weighted by Gasteiger charge is -2.45. The van der Waals surface area contributed by atoms with Gasteiger partial charge in [0.1, 0.15) is 12.2 Å². The SMILES string of the molecule is C#C[C@H](O[Si](c1ccccc1)(c1ccccc1)C(C)(C)C)[C@@H](OCc1ccccc1)C(O)CCCCO[Si](C)(C)C(C)(C)C. The lowest BCUT2D eigenvalue weighted by Crippen LogP contribution is -2.68. The number of hydrogen-bond donors (Lipinski definition) is 1. The Morgan fingerprint density at radius 2 is 1.25 bits per heavy atom. The van der Waals surface area contributed by atoms with Crippen LogP contribution >= 0.6 is 0 Å². The van der Waals surface area contributed by atoms with Crippen LogP contribution < -0.4 is 10.4 Å². The molecule has 0 heterocycles. The summed E-state index contributed by atoms with van der Waals surface area (Å²) in [7, 11) is -4.80. The Morgan fingerprint density at radius 3 is 1.70 bits per heavy atom. The molecule has 6 heteroatoms. The number of terminal acetylenes is 1. The topological polar surface area (TPSA) is 47.9 Å². The quantitative estimate of drug-likeness (QED) is 0.106. The van der Waals surface area contributed by atoms with Crippen molar-refractivity contribution in [1.82, 2.24) is 0 Å². The van der Waals surface area contributed by atoms with Crippen LogP contribution in [0.2, 0.25) is 23.2 Å². The minimum Gasteiger partial charge on any atom is -0.417 e. The van der Waals surface area contributed by atoms with Gasteiger partial charge in [0.05, 0.1) is 12.7 Å². The predicted octanol–water partition coefficient (Wildman–Crippen LogP) is 7.70. The highest BCUT2D eigenvalue weighted by Crippen LogP contribution is 2.39. The number of benzene rings is 3. The molecule has 3 atom stereocenters. The fourth-order valence-electron chi connectivity index (χ4n) is 5.41. The first-order valence-electron chi connectivity index (χ1n) is 16.0. The lowest BCUT2D eigenvalue weighted by atomic mass is 10.0. The molecule has 0 aliphatic heterocycles. The Morgan fingerprint density at radius 1 is 0.750 bits per heavy atom. The normalized spacial score (nSPS) is 14.9. The molecule has 3 aromatic carbocycles. The third-order valence-electron chi connectivity index (χ3n) is 9.01. The van der Waals surface area contributed by atoms with Crippen LogP contribution in [-0.4, -0.2) is 46.7 Å². The molecule has 0 saturated heterocycles. The Kier molecular flexibility index (Phi) is 12.8. The van der Waals surface area contributed by atoms with Crippen molar-refractivity contribution in [2.24, 2.45) is 0 Å². The van der Waals surface area contributed by atoms with Crippen molar-refractivity contribution in [3.63, 3.8) is 0 Å². The number of unbranched alkanes of at least 4 members (excludes halogenated alkanes) is 1. The fraction of sp³-hybridized carbons (Fsp3) is 0.474. The summed E-state index contributed by atoms with van der Waals surface area (Å²) in [6, 6.07) is 30.9. The van der Waals surface area contributed by atoms with Crippen molar-refractivity contribution in [2.45, 2.75) is 109 Å². The summed E-state index contributed by atoms with van der Waals surface area (Å²) in [6.45, 7) is 19.0. The van der Waals surface area contributed by atoms with Crippen LogP contribution in [0.15, 0.2) is 91.0 Å². The Bertz CT molecular complexity index is 1250. The molecular formula is C38H54O4Si2. The van der Waals surface area contributed by atoms with Gasteiger partial charge in [-0.05, 0) is 58.4 Å². The maximum absolute atomic E-state index is 11.7. The summed E-state index contributed by atoms with van der Waals surface area (Å²) >= 11 is 0. The highest BCUT2D eigenvalue weighted by molar-refractivity contribution is 6.99. The standard InChI is InChI=1S/C38H54O4Si2/c1-10-35(42-44(38(5,6)7,32-24-16-12-17-25-32)33-26-18-13-19-27-33)36(40-30-31-22-14-11-15-23-31)34(39)28-20-21-29-41-43(8,9)37(2,3)4/h1,11-19,22-27,34-36,39H,20-21,28-30H2,2-9H3/t34?,35-,36-/m0/s1. The van der Waals surface area contributed by atoms with E-state index in [9.17, 15) is 5.11 Å². The molecule has 0 aliphatic rings. The second kappa shape index (κ2) is 15.7. The number of hydrogen-bond acceptors (Lipinski definition) is 4. The number of aliphatic hydroxyl groups excluding tert-OH is 1. The molecule has 0 aliphatic carbocycles. The molecule has 238 valence electrons. The van der Waals surface area contributed by atoms with E-state index in [0.29, 0.717) is 19.6 Å². The van der Waals surface area contributed by atoms with Crippen LogP contribution in [0.4, 0.5) is 0 Å². The van der Waals surface area contributed by atoms with Gasteiger partial charge in [-0.25, -0.2) is 0 Å². The van der Waals surface area contributed by atoms with Crippen molar-refractivity contribution in [2.75, 3.05) is 6.61 Å². The summed E-state index contributed by atoms with van der Waals surface area (Å²) in [5, 5.41) is 13.9. The van der Waals surface area contributed by atoms with Gasteiger partial charge < -0.3 is 18.7 Å². The van der Waals surface area contributed by atoms with Gasteiger partial charge in [0.2, 0.25) is 0 Å². The van der Waals surface area contributed by atoms with Crippen molar-refractivity contribution in [3.8, 4) is 12.3 Å². The van der Waals surface area contributed by atoms with Gasteiger partial charge in [-0.15, -0.1) is 6.42 Å². The van der Waals surface area contributed by atoms with Gasteiger partial charge in [-0.2, -0.15) is 0 Å². The van der Waals surface area contributed by atoms with Gasteiger partial charge in [0.15, 0.2) is 8.32 Å². The Balaban J connectivity index is 1.91. The molecule has 0 aromatic heterocycles. The number of aliphatic hydroxyl groups is 1. The van der Waals surface area contributed by atoms with Gasteiger partial charge in [-0.3, -0.25) is 0 Å². The molecule has 1 unspecified atom stereocenters. The van der Waals surface area contributed by atoms with Crippen molar-refractivity contribution in [3.05, 3.63) is 96.6 Å². The van der Waals surface area contributed by atoms with Gasteiger partial charge in [-0.1, -0.05) is 138 Å². The molecule has 0 amide bonds. The summed E-state index contributed by atoms with van der Waals surface area (Å²) in [6.07, 6.45) is 6.24. The van der Waals surface area contributed by atoms with Crippen LogP contribution in [0.1, 0.15) is 66.4 Å². The van der Waals surface area contributed by atoms with Crippen LogP contribution in [0.25, 0.3) is 0 Å². The molecule has 3 aromatic rings. The van der Waals surface area contributed by atoms with E-state index in [2.05, 4.69) is 109 Å². The molecule has 0 spiro atoms. The van der Waals surface area contributed by atoms with E-state index < -0.39 is 34.9 Å². The van der Waals surface area contributed by atoms with Crippen LogP contribution in [-0.2, 0) is 20.2 Å².